The summed E-state index contributed by atoms with van der Waals surface area (Å²) in [5.74, 6) is 1.56. The van der Waals surface area contributed by atoms with Crippen molar-refractivity contribution in [3.05, 3.63) is 72.1 Å². The van der Waals surface area contributed by atoms with E-state index in [0.717, 1.165) is 48.1 Å². The van der Waals surface area contributed by atoms with Gasteiger partial charge in [0.25, 0.3) is 0 Å². The minimum Gasteiger partial charge on any atom is -0.444 e. The number of likely N-dealkylation sites (tertiary alicyclic amines) is 1. The Kier molecular flexibility index (Phi) is 8.82. The first-order valence-electron chi connectivity index (χ1n) is 16.5. The average molecular weight is 640 g/mol. The summed E-state index contributed by atoms with van der Waals surface area (Å²) in [6.45, 7) is 12.6. The number of rotatable bonds is 7. The van der Waals surface area contributed by atoms with Crippen LogP contribution in [0, 0.1) is 0 Å². The molecule has 1 aliphatic carbocycles. The minimum absolute atomic E-state index is 0.0412. The Morgan fingerprint density at radius 3 is 2.38 bits per heavy atom. The highest BCUT2D eigenvalue weighted by Gasteiger charge is 2.32. The number of anilines is 2. The van der Waals surface area contributed by atoms with E-state index < -0.39 is 17.3 Å². The Labute approximate surface area is 276 Å². The predicted octanol–water partition coefficient (Wildman–Crippen LogP) is 7.42. The molecule has 1 saturated carbocycles. The second-order valence-electron chi connectivity index (χ2n) is 14.5. The molecule has 4 heterocycles. The maximum Gasteiger partial charge on any atom is 0.416 e. The Balaban J connectivity index is 1.34. The zero-order chi connectivity index (χ0) is 33.3. The summed E-state index contributed by atoms with van der Waals surface area (Å²) in [7, 11) is 0. The average Bonchev–Trinajstić information content (AvgIpc) is 3.77. The number of carbonyl (C=O) groups excluding carboxylic acids is 2. The number of fused-ring (bicyclic) bond motifs is 1. The molecule has 2 amide bonds. The van der Waals surface area contributed by atoms with Crippen LogP contribution in [0.5, 0.6) is 0 Å². The maximum absolute atomic E-state index is 13.9. The van der Waals surface area contributed by atoms with Gasteiger partial charge in [-0.05, 0) is 90.8 Å². The standard InChI is InChI=1S/C36H45N7O4/c1-35(2,3)46-33(44)41-19-9-10-27(23-41)39-30-20-31(43-32(40-30)28(21-38-43)25-16-17-25)42(34(45)47-36(4,5)6)22-24-12-14-26(15-13-24)29-11-7-8-18-37-29/h7-8,11-15,18,20-21,25,27H,9-10,16-17,19,22-23H2,1-6H3,(H,39,40)/t27-/m1/s1. The van der Waals surface area contributed by atoms with Gasteiger partial charge in [0.15, 0.2) is 5.65 Å². The van der Waals surface area contributed by atoms with Crippen LogP contribution in [-0.2, 0) is 16.0 Å². The van der Waals surface area contributed by atoms with Crippen LogP contribution < -0.4 is 10.2 Å². The summed E-state index contributed by atoms with van der Waals surface area (Å²) in [5, 5.41) is 8.31. The first kappa shape index (κ1) is 32.3. The summed E-state index contributed by atoms with van der Waals surface area (Å²) < 4.78 is 13.3. The van der Waals surface area contributed by atoms with Gasteiger partial charge in [-0.15, -0.1) is 0 Å². The third-order valence-corrected chi connectivity index (χ3v) is 8.07. The molecule has 47 heavy (non-hydrogen) atoms. The topological polar surface area (TPSA) is 114 Å². The number of pyridine rings is 1. The molecule has 2 fully saturated rings. The van der Waals surface area contributed by atoms with Crippen molar-refractivity contribution in [1.82, 2.24) is 24.5 Å². The van der Waals surface area contributed by atoms with E-state index in [0.29, 0.717) is 36.3 Å². The molecule has 11 nitrogen and oxygen atoms in total. The molecule has 0 radical (unpaired) electrons. The fraction of sp³-hybridized carbons (Fsp3) is 0.472. The lowest BCUT2D eigenvalue weighted by atomic mass is 10.1. The van der Waals surface area contributed by atoms with Crippen molar-refractivity contribution in [3.8, 4) is 11.3 Å². The van der Waals surface area contributed by atoms with Gasteiger partial charge in [-0.1, -0.05) is 30.3 Å². The van der Waals surface area contributed by atoms with Crippen LogP contribution in [0.1, 0.15) is 84.3 Å². The Morgan fingerprint density at radius 1 is 0.979 bits per heavy atom. The molecule has 1 N–H and O–H groups in total. The van der Waals surface area contributed by atoms with Gasteiger partial charge in [0.1, 0.15) is 22.8 Å². The van der Waals surface area contributed by atoms with Gasteiger partial charge in [-0.3, -0.25) is 9.88 Å². The molecule has 0 spiro atoms. The maximum atomic E-state index is 13.9. The second kappa shape index (κ2) is 12.8. The number of hydrogen-bond donors (Lipinski definition) is 1. The van der Waals surface area contributed by atoms with Gasteiger partial charge in [-0.2, -0.15) is 9.61 Å². The van der Waals surface area contributed by atoms with Crippen LogP contribution in [0.25, 0.3) is 16.9 Å². The molecule has 1 aromatic carbocycles. The Morgan fingerprint density at radius 2 is 1.72 bits per heavy atom. The molecule has 1 aliphatic heterocycles. The number of piperidine rings is 1. The molecule has 6 rings (SSSR count). The second-order valence-corrected chi connectivity index (χ2v) is 14.5. The van der Waals surface area contributed by atoms with Gasteiger partial charge in [0.2, 0.25) is 0 Å². The lowest BCUT2D eigenvalue weighted by molar-refractivity contribution is 0.0206. The summed E-state index contributed by atoms with van der Waals surface area (Å²) in [6.07, 6.45) is 6.72. The molecule has 248 valence electrons. The highest BCUT2D eigenvalue weighted by Crippen LogP contribution is 2.42. The normalized spacial score (nSPS) is 17.0. The number of hydrogen-bond acceptors (Lipinski definition) is 8. The molecule has 11 heteroatoms. The first-order chi connectivity index (χ1) is 22.3. The Bertz CT molecular complexity index is 1720. The summed E-state index contributed by atoms with van der Waals surface area (Å²) in [5.41, 5.74) is 3.30. The van der Waals surface area contributed by atoms with E-state index in [1.54, 1.807) is 20.5 Å². The third kappa shape index (κ3) is 8.01. The van der Waals surface area contributed by atoms with Gasteiger partial charge >= 0.3 is 12.2 Å². The van der Waals surface area contributed by atoms with E-state index >= 15 is 0 Å². The number of benzene rings is 1. The lowest BCUT2D eigenvalue weighted by Crippen LogP contribution is -2.47. The van der Waals surface area contributed by atoms with E-state index in [1.807, 2.05) is 96.3 Å². The van der Waals surface area contributed by atoms with Gasteiger partial charge in [0.05, 0.1) is 18.4 Å². The van der Waals surface area contributed by atoms with E-state index in [-0.39, 0.29) is 18.7 Å². The number of nitrogens with zero attached hydrogens (tertiary/aromatic N) is 6. The van der Waals surface area contributed by atoms with E-state index in [4.69, 9.17) is 19.6 Å². The van der Waals surface area contributed by atoms with Crippen molar-refractivity contribution in [2.45, 2.75) is 96.9 Å². The lowest BCUT2D eigenvalue weighted by Gasteiger charge is -2.34. The zero-order valence-corrected chi connectivity index (χ0v) is 28.2. The zero-order valence-electron chi connectivity index (χ0n) is 28.2. The highest BCUT2D eigenvalue weighted by atomic mass is 16.6. The molecule has 2 aliphatic rings. The molecule has 0 bridgehead atoms. The first-order valence-corrected chi connectivity index (χ1v) is 16.5. The van der Waals surface area contributed by atoms with Crippen LogP contribution in [0.3, 0.4) is 0 Å². The third-order valence-electron chi connectivity index (χ3n) is 8.07. The molecular formula is C36H45N7O4. The van der Waals surface area contributed by atoms with Crippen molar-refractivity contribution in [2.24, 2.45) is 0 Å². The number of nitrogens with one attached hydrogen (secondary N) is 1. The van der Waals surface area contributed by atoms with Crippen molar-refractivity contribution in [2.75, 3.05) is 23.3 Å². The number of aromatic nitrogens is 4. The van der Waals surface area contributed by atoms with Crippen molar-refractivity contribution in [3.63, 3.8) is 0 Å². The Hall–Kier alpha value is -4.67. The number of ether oxygens (including phenoxy) is 2. The van der Waals surface area contributed by atoms with E-state index in [2.05, 4.69) is 10.3 Å². The van der Waals surface area contributed by atoms with Crippen LogP contribution in [0.4, 0.5) is 21.2 Å². The molecule has 3 aromatic heterocycles. The van der Waals surface area contributed by atoms with E-state index in [9.17, 15) is 9.59 Å². The highest BCUT2D eigenvalue weighted by molar-refractivity contribution is 5.88. The fourth-order valence-corrected chi connectivity index (χ4v) is 5.76. The predicted molar refractivity (Wildman–Crippen MR) is 182 cm³/mol. The monoisotopic (exact) mass is 639 g/mol. The molecular weight excluding hydrogens is 594 g/mol. The largest absolute Gasteiger partial charge is 0.444 e. The van der Waals surface area contributed by atoms with Crippen LogP contribution in [0.15, 0.2) is 60.9 Å². The summed E-state index contributed by atoms with van der Waals surface area (Å²) in [4.78, 5) is 39.7. The van der Waals surface area contributed by atoms with Crippen molar-refractivity contribution in [1.29, 1.82) is 0 Å². The summed E-state index contributed by atoms with van der Waals surface area (Å²) >= 11 is 0. The number of amides is 2. The van der Waals surface area contributed by atoms with E-state index in [1.165, 1.54) is 0 Å². The van der Waals surface area contributed by atoms with Gasteiger partial charge in [-0.25, -0.2) is 14.6 Å². The van der Waals surface area contributed by atoms with Crippen molar-refractivity contribution >= 4 is 29.5 Å². The van der Waals surface area contributed by atoms with Crippen LogP contribution >= 0.6 is 0 Å². The van der Waals surface area contributed by atoms with Crippen LogP contribution in [-0.4, -0.2) is 67.0 Å². The molecule has 0 unspecified atom stereocenters. The van der Waals surface area contributed by atoms with Gasteiger partial charge < -0.3 is 19.7 Å². The molecule has 4 aromatic rings. The SMILES string of the molecule is CC(C)(C)OC(=O)N1CCC[C@@H](Nc2cc(N(Cc3ccc(-c4ccccn4)cc3)C(=O)OC(C)(C)C)n3ncc(C4CC4)c3n2)C1. The summed E-state index contributed by atoms with van der Waals surface area (Å²) in [6, 6.07) is 15.7. The quantitative estimate of drug-likeness (QED) is 0.222. The van der Waals surface area contributed by atoms with Gasteiger partial charge in [0, 0.05) is 42.5 Å². The van der Waals surface area contributed by atoms with Crippen molar-refractivity contribution < 1.29 is 19.1 Å². The fourth-order valence-electron chi connectivity index (χ4n) is 5.76. The van der Waals surface area contributed by atoms with Crippen LogP contribution in [0.2, 0.25) is 0 Å². The molecule has 1 atom stereocenters. The smallest absolute Gasteiger partial charge is 0.416 e. The number of carbonyl (C=O) groups is 2. The molecule has 1 saturated heterocycles. The minimum atomic E-state index is -0.706.